The molecule has 1 aromatic heterocycles. The minimum absolute atomic E-state index is 0.0938. The summed E-state index contributed by atoms with van der Waals surface area (Å²) in [5.74, 6) is 0.516. The summed E-state index contributed by atoms with van der Waals surface area (Å²) in [4.78, 5) is 3.85. The van der Waals surface area contributed by atoms with Crippen LogP contribution in [0.5, 0.6) is 0 Å². The summed E-state index contributed by atoms with van der Waals surface area (Å²) in [6, 6.07) is 3.32. The molecule has 1 aromatic carbocycles. The molecule has 3 nitrogen and oxygen atoms in total. The van der Waals surface area contributed by atoms with E-state index in [2.05, 4.69) is 20.9 Å². The van der Waals surface area contributed by atoms with Crippen LogP contribution in [0.2, 0.25) is 0 Å². The van der Waals surface area contributed by atoms with E-state index in [-0.39, 0.29) is 23.8 Å². The predicted octanol–water partition coefficient (Wildman–Crippen LogP) is 3.58. The molecule has 2 rings (SSSR count). The third kappa shape index (κ3) is 2.56. The van der Waals surface area contributed by atoms with Crippen molar-refractivity contribution < 1.29 is 17.6 Å². The highest BCUT2D eigenvalue weighted by Crippen LogP contribution is 2.36. The molecule has 96 valence electrons. The fourth-order valence-corrected chi connectivity index (χ4v) is 1.86. The molecule has 0 saturated carbocycles. The van der Waals surface area contributed by atoms with Crippen LogP contribution in [0.4, 0.5) is 13.2 Å². The normalized spacial score (nSPS) is 11.8. The van der Waals surface area contributed by atoms with Crippen molar-refractivity contribution in [3.8, 4) is 11.3 Å². The van der Waals surface area contributed by atoms with Gasteiger partial charge in [-0.2, -0.15) is 13.2 Å². The summed E-state index contributed by atoms with van der Waals surface area (Å²) >= 11 is 3.18. The molecule has 0 spiro atoms. The maximum absolute atomic E-state index is 12.6. The molecular formula is C11H8BrF3N2O. The van der Waals surface area contributed by atoms with Crippen LogP contribution < -0.4 is 5.73 Å². The van der Waals surface area contributed by atoms with Crippen LogP contribution in [0.15, 0.2) is 33.3 Å². The van der Waals surface area contributed by atoms with Crippen molar-refractivity contribution in [3.05, 3.63) is 40.3 Å². The van der Waals surface area contributed by atoms with Crippen molar-refractivity contribution in [1.29, 1.82) is 0 Å². The van der Waals surface area contributed by atoms with E-state index in [9.17, 15) is 13.2 Å². The van der Waals surface area contributed by atoms with Gasteiger partial charge in [-0.1, -0.05) is 15.9 Å². The van der Waals surface area contributed by atoms with Crippen LogP contribution >= 0.6 is 15.9 Å². The second-order valence-electron chi connectivity index (χ2n) is 3.51. The first-order valence-electron chi connectivity index (χ1n) is 4.93. The first-order valence-corrected chi connectivity index (χ1v) is 5.73. The zero-order valence-electron chi connectivity index (χ0n) is 8.96. The molecule has 0 aliphatic heterocycles. The van der Waals surface area contributed by atoms with Crippen LogP contribution in [0.25, 0.3) is 11.3 Å². The number of nitrogens with two attached hydrogens (primary N) is 1. The minimum Gasteiger partial charge on any atom is -0.439 e. The lowest BCUT2D eigenvalue weighted by Crippen LogP contribution is -2.04. The number of benzene rings is 1. The van der Waals surface area contributed by atoms with Crippen LogP contribution in [0.1, 0.15) is 11.5 Å². The molecule has 18 heavy (non-hydrogen) atoms. The van der Waals surface area contributed by atoms with Gasteiger partial charge in [0.2, 0.25) is 5.89 Å². The number of aromatic nitrogens is 1. The number of alkyl halides is 3. The van der Waals surface area contributed by atoms with E-state index in [0.717, 1.165) is 12.1 Å². The lowest BCUT2D eigenvalue weighted by atomic mass is 10.1. The van der Waals surface area contributed by atoms with Gasteiger partial charge in [-0.15, -0.1) is 0 Å². The maximum Gasteiger partial charge on any atom is 0.416 e. The highest BCUT2D eigenvalue weighted by atomic mass is 79.9. The zero-order valence-corrected chi connectivity index (χ0v) is 10.5. The highest BCUT2D eigenvalue weighted by Gasteiger charge is 2.31. The lowest BCUT2D eigenvalue weighted by Gasteiger charge is -2.08. The molecule has 0 radical (unpaired) electrons. The fraction of sp³-hybridized carbons (Fsp3) is 0.182. The standard InChI is InChI=1S/C11H8BrF3N2O/c12-8-2-1-6(11(13,14)15)3-7(8)9-5-17-10(4-16)18-9/h1-3,5H,4,16H2. The zero-order chi connectivity index (χ0) is 13.3. The van der Waals surface area contributed by atoms with Crippen molar-refractivity contribution >= 4 is 15.9 Å². The number of halogens is 4. The summed E-state index contributed by atoms with van der Waals surface area (Å²) in [7, 11) is 0. The van der Waals surface area contributed by atoms with E-state index in [0.29, 0.717) is 4.47 Å². The van der Waals surface area contributed by atoms with Crippen LogP contribution in [-0.4, -0.2) is 4.98 Å². The van der Waals surface area contributed by atoms with Gasteiger partial charge in [0.25, 0.3) is 0 Å². The average Bonchev–Trinajstić information content (AvgIpc) is 2.76. The van der Waals surface area contributed by atoms with Crippen LogP contribution in [0, 0.1) is 0 Å². The molecule has 2 aromatic rings. The van der Waals surface area contributed by atoms with Crippen molar-refractivity contribution in [3.63, 3.8) is 0 Å². The van der Waals surface area contributed by atoms with Gasteiger partial charge in [-0.05, 0) is 18.2 Å². The van der Waals surface area contributed by atoms with Gasteiger partial charge >= 0.3 is 6.18 Å². The fourth-order valence-electron chi connectivity index (χ4n) is 1.42. The Hall–Kier alpha value is -1.34. The SMILES string of the molecule is NCc1ncc(-c2cc(C(F)(F)F)ccc2Br)o1. The van der Waals surface area contributed by atoms with E-state index in [1.165, 1.54) is 12.3 Å². The van der Waals surface area contributed by atoms with E-state index >= 15 is 0 Å². The second kappa shape index (κ2) is 4.74. The summed E-state index contributed by atoms with van der Waals surface area (Å²) in [6.45, 7) is 0.0938. The second-order valence-corrected chi connectivity index (χ2v) is 4.37. The molecule has 0 aliphatic carbocycles. The van der Waals surface area contributed by atoms with Crippen molar-refractivity contribution in [2.45, 2.75) is 12.7 Å². The largest absolute Gasteiger partial charge is 0.439 e. The first-order chi connectivity index (χ1) is 8.41. The molecule has 0 atom stereocenters. The summed E-state index contributed by atoms with van der Waals surface area (Å²) in [5, 5.41) is 0. The van der Waals surface area contributed by atoms with Gasteiger partial charge in [0.05, 0.1) is 18.3 Å². The molecule has 0 amide bonds. The van der Waals surface area contributed by atoms with Gasteiger partial charge in [0.15, 0.2) is 5.76 Å². The molecule has 0 saturated heterocycles. The molecule has 0 fully saturated rings. The van der Waals surface area contributed by atoms with Gasteiger partial charge < -0.3 is 10.2 Å². The molecule has 7 heteroatoms. The van der Waals surface area contributed by atoms with Gasteiger partial charge in [0.1, 0.15) is 0 Å². The Kier molecular flexibility index (Phi) is 3.45. The van der Waals surface area contributed by atoms with E-state index < -0.39 is 11.7 Å². The van der Waals surface area contributed by atoms with Crippen molar-refractivity contribution in [1.82, 2.24) is 4.98 Å². The van der Waals surface area contributed by atoms with E-state index in [1.54, 1.807) is 0 Å². The first kappa shape index (κ1) is 13.1. The number of hydrogen-bond acceptors (Lipinski definition) is 3. The maximum atomic E-state index is 12.6. The summed E-state index contributed by atoms with van der Waals surface area (Å²) < 4.78 is 43.5. The van der Waals surface area contributed by atoms with E-state index in [4.69, 9.17) is 10.2 Å². The minimum atomic E-state index is -4.40. The van der Waals surface area contributed by atoms with Gasteiger partial charge in [-0.3, -0.25) is 0 Å². The third-order valence-electron chi connectivity index (χ3n) is 2.29. The van der Waals surface area contributed by atoms with Crippen molar-refractivity contribution in [2.75, 3.05) is 0 Å². The Labute approximate surface area is 109 Å². The average molecular weight is 321 g/mol. The highest BCUT2D eigenvalue weighted by molar-refractivity contribution is 9.10. The van der Waals surface area contributed by atoms with E-state index in [1.807, 2.05) is 0 Å². The smallest absolute Gasteiger partial charge is 0.416 e. The Balaban J connectivity index is 2.49. The summed E-state index contributed by atoms with van der Waals surface area (Å²) in [6.07, 6.45) is -3.05. The van der Waals surface area contributed by atoms with Crippen LogP contribution in [0.3, 0.4) is 0 Å². The number of oxazole rings is 1. The lowest BCUT2D eigenvalue weighted by molar-refractivity contribution is -0.137. The molecular weight excluding hydrogens is 313 g/mol. The van der Waals surface area contributed by atoms with Crippen molar-refractivity contribution in [2.24, 2.45) is 5.73 Å². The topological polar surface area (TPSA) is 52.0 Å². The predicted molar refractivity (Wildman–Crippen MR) is 62.5 cm³/mol. The molecule has 0 aliphatic rings. The number of hydrogen-bond donors (Lipinski definition) is 1. The third-order valence-corrected chi connectivity index (χ3v) is 2.98. The Bertz CT molecular complexity index is 566. The summed E-state index contributed by atoms with van der Waals surface area (Å²) in [5.41, 5.74) is 4.88. The Morgan fingerprint density at radius 1 is 1.33 bits per heavy atom. The quantitative estimate of drug-likeness (QED) is 0.920. The van der Waals surface area contributed by atoms with Gasteiger partial charge in [0, 0.05) is 10.0 Å². The Morgan fingerprint density at radius 2 is 2.06 bits per heavy atom. The number of rotatable bonds is 2. The molecule has 1 heterocycles. The molecule has 0 unspecified atom stereocenters. The number of nitrogens with zero attached hydrogens (tertiary/aromatic N) is 1. The molecule has 2 N–H and O–H groups in total. The Morgan fingerprint density at radius 3 is 2.61 bits per heavy atom. The van der Waals surface area contributed by atoms with Gasteiger partial charge in [-0.25, -0.2) is 4.98 Å². The van der Waals surface area contributed by atoms with Crippen LogP contribution in [-0.2, 0) is 12.7 Å². The monoisotopic (exact) mass is 320 g/mol. The molecule has 0 bridgehead atoms.